The summed E-state index contributed by atoms with van der Waals surface area (Å²) in [5.74, 6) is 1.66. The average Bonchev–Trinajstić information content (AvgIpc) is 3.17. The number of benzene rings is 2. The number of rotatable bonds is 10. The number of halogens is 1. The topological polar surface area (TPSA) is 121 Å². The Morgan fingerprint density at radius 2 is 1.97 bits per heavy atom. The van der Waals surface area contributed by atoms with Gasteiger partial charge in [-0.2, -0.15) is 5.10 Å². The number of anilines is 1. The summed E-state index contributed by atoms with van der Waals surface area (Å²) in [4.78, 5) is 11.9. The molecular weight excluding hydrogens is 545 g/mol. The third-order valence-electron chi connectivity index (χ3n) is 4.07. The summed E-state index contributed by atoms with van der Waals surface area (Å²) in [6.07, 6.45) is 1.59. The van der Waals surface area contributed by atoms with Crippen LogP contribution < -0.4 is 25.4 Å². The molecule has 0 radical (unpaired) electrons. The number of nitrogens with zero attached hydrogens (tertiary/aromatic N) is 3. The maximum Gasteiger partial charge on any atom is 0.247 e. The molecule has 1 heterocycles. The van der Waals surface area contributed by atoms with E-state index in [0.29, 0.717) is 34.9 Å². The molecule has 3 aromatic rings. The highest BCUT2D eigenvalue weighted by molar-refractivity contribution is 14.1. The van der Waals surface area contributed by atoms with E-state index in [0.717, 1.165) is 26.2 Å². The molecule has 9 nitrogen and oxygen atoms in total. The predicted octanol–water partition coefficient (Wildman–Crippen LogP) is 3.19. The van der Waals surface area contributed by atoms with Crippen LogP contribution in [0.3, 0.4) is 0 Å². The quantitative estimate of drug-likeness (QED) is 0.167. The zero-order valence-corrected chi connectivity index (χ0v) is 20.5. The van der Waals surface area contributed by atoms with Gasteiger partial charge in [0.05, 0.1) is 23.3 Å². The van der Waals surface area contributed by atoms with Crippen molar-refractivity contribution in [3.8, 4) is 17.2 Å². The normalized spacial score (nSPS) is 10.8. The van der Waals surface area contributed by atoms with Gasteiger partial charge in [0.25, 0.3) is 0 Å². The molecule has 0 aliphatic heterocycles. The maximum atomic E-state index is 11.9. The van der Waals surface area contributed by atoms with E-state index in [1.165, 1.54) is 11.8 Å². The van der Waals surface area contributed by atoms with Gasteiger partial charge in [0.15, 0.2) is 11.5 Å². The van der Waals surface area contributed by atoms with E-state index >= 15 is 0 Å². The largest absolute Gasteiger partial charge is 0.493 e. The van der Waals surface area contributed by atoms with Crippen molar-refractivity contribution >= 4 is 51.2 Å². The second-order valence-electron chi connectivity index (χ2n) is 6.55. The smallest absolute Gasteiger partial charge is 0.247 e. The lowest BCUT2D eigenvalue weighted by molar-refractivity contribution is -0.120. The van der Waals surface area contributed by atoms with Crippen LogP contribution in [-0.2, 0) is 11.2 Å². The Balaban J connectivity index is 1.53. The first-order valence-electron chi connectivity index (χ1n) is 9.54. The number of amides is 1. The molecule has 168 valence electrons. The van der Waals surface area contributed by atoms with Gasteiger partial charge in [-0.05, 0) is 59.3 Å². The summed E-state index contributed by atoms with van der Waals surface area (Å²) < 4.78 is 17.9. The lowest BCUT2D eigenvalue weighted by atomic mass is 10.2. The van der Waals surface area contributed by atoms with Crippen LogP contribution in [0.5, 0.6) is 17.2 Å². The van der Waals surface area contributed by atoms with E-state index in [4.69, 9.17) is 19.9 Å². The van der Waals surface area contributed by atoms with Crippen molar-refractivity contribution in [3.05, 3.63) is 56.1 Å². The highest BCUT2D eigenvalue weighted by Gasteiger charge is 2.12. The summed E-state index contributed by atoms with van der Waals surface area (Å²) in [5.41, 5.74) is 9.89. The summed E-state index contributed by atoms with van der Waals surface area (Å²) in [7, 11) is 1.57. The standard InChI is InChI=1S/C21H22IN5O4S/c1-13-3-5-15(6-4-13)30-7-8-31-20-16(22)9-14(10-17(20)29-2)12-24-25-18(28)11-19-26-27-21(23)32-19/h3-6,9-10,12H,7-8,11H2,1-2H3,(H2,23,27)(H,25,28)/b24-12-. The fourth-order valence-electron chi connectivity index (χ4n) is 2.59. The number of hydrazone groups is 1. The number of nitrogens with one attached hydrogen (secondary N) is 1. The number of nitrogens with two attached hydrogens (primary N) is 1. The van der Waals surface area contributed by atoms with E-state index in [1.54, 1.807) is 13.2 Å². The summed E-state index contributed by atoms with van der Waals surface area (Å²) in [6.45, 7) is 2.79. The van der Waals surface area contributed by atoms with Gasteiger partial charge in [-0.25, -0.2) is 5.43 Å². The van der Waals surface area contributed by atoms with Crippen LogP contribution in [-0.4, -0.2) is 42.6 Å². The van der Waals surface area contributed by atoms with Gasteiger partial charge >= 0.3 is 0 Å². The van der Waals surface area contributed by atoms with E-state index in [-0.39, 0.29) is 12.3 Å². The lowest BCUT2D eigenvalue weighted by Crippen LogP contribution is -2.19. The molecule has 0 unspecified atom stereocenters. The molecule has 0 aliphatic carbocycles. The Morgan fingerprint density at radius 3 is 2.66 bits per heavy atom. The third-order valence-corrected chi connectivity index (χ3v) is 5.62. The lowest BCUT2D eigenvalue weighted by Gasteiger charge is -2.14. The molecule has 32 heavy (non-hydrogen) atoms. The van der Waals surface area contributed by atoms with Crippen LogP contribution in [0.2, 0.25) is 0 Å². The number of carbonyl (C=O) groups is 1. The van der Waals surface area contributed by atoms with Gasteiger partial charge in [0.2, 0.25) is 11.0 Å². The minimum absolute atomic E-state index is 0.0600. The summed E-state index contributed by atoms with van der Waals surface area (Å²) in [5, 5.41) is 12.3. The Bertz CT molecular complexity index is 1090. The maximum absolute atomic E-state index is 11.9. The van der Waals surface area contributed by atoms with Crippen LogP contribution in [0.15, 0.2) is 41.5 Å². The van der Waals surface area contributed by atoms with Crippen LogP contribution in [0.1, 0.15) is 16.1 Å². The van der Waals surface area contributed by atoms with E-state index in [9.17, 15) is 4.79 Å². The first-order chi connectivity index (χ1) is 15.4. The molecule has 0 saturated carbocycles. The second-order valence-corrected chi connectivity index (χ2v) is 8.80. The van der Waals surface area contributed by atoms with Gasteiger partial charge in [-0.15, -0.1) is 10.2 Å². The fraction of sp³-hybridized carbons (Fsp3) is 0.238. The Hall–Kier alpha value is -2.93. The van der Waals surface area contributed by atoms with Crippen molar-refractivity contribution in [2.75, 3.05) is 26.1 Å². The molecule has 0 atom stereocenters. The molecule has 1 amide bonds. The molecule has 0 fully saturated rings. The highest BCUT2D eigenvalue weighted by atomic mass is 127. The number of hydrogen-bond acceptors (Lipinski definition) is 9. The SMILES string of the molecule is COc1cc(/C=N\NC(=O)Cc2nnc(N)s2)cc(I)c1OCCOc1ccc(C)cc1. The average molecular weight is 567 g/mol. The Kier molecular flexibility index (Phi) is 8.62. The first-order valence-corrected chi connectivity index (χ1v) is 11.4. The Labute approximate surface area is 203 Å². The third kappa shape index (κ3) is 7.05. The molecule has 1 aromatic heterocycles. The zero-order valence-electron chi connectivity index (χ0n) is 17.5. The minimum atomic E-state index is -0.312. The van der Waals surface area contributed by atoms with Gasteiger partial charge in [0, 0.05) is 0 Å². The fourth-order valence-corrected chi connectivity index (χ4v) is 3.97. The minimum Gasteiger partial charge on any atom is -0.493 e. The molecule has 0 aliphatic rings. The van der Waals surface area contributed by atoms with E-state index in [2.05, 4.69) is 43.3 Å². The summed E-state index contributed by atoms with van der Waals surface area (Å²) >= 11 is 3.33. The van der Waals surface area contributed by atoms with Crippen LogP contribution >= 0.6 is 33.9 Å². The van der Waals surface area contributed by atoms with E-state index < -0.39 is 0 Å². The molecule has 3 N–H and O–H groups in total. The van der Waals surface area contributed by atoms with Crippen LogP contribution in [0.25, 0.3) is 0 Å². The number of ether oxygens (including phenoxy) is 3. The van der Waals surface area contributed by atoms with Crippen LogP contribution in [0, 0.1) is 10.5 Å². The molecule has 0 bridgehead atoms. The van der Waals surface area contributed by atoms with Crippen molar-refractivity contribution in [3.63, 3.8) is 0 Å². The van der Waals surface area contributed by atoms with Crippen molar-refractivity contribution < 1.29 is 19.0 Å². The number of aromatic nitrogens is 2. The predicted molar refractivity (Wildman–Crippen MR) is 132 cm³/mol. The van der Waals surface area contributed by atoms with Gasteiger partial charge in [-0.1, -0.05) is 29.0 Å². The monoisotopic (exact) mass is 567 g/mol. The van der Waals surface area contributed by atoms with Crippen molar-refractivity contribution in [1.29, 1.82) is 0 Å². The van der Waals surface area contributed by atoms with Gasteiger partial charge in [0.1, 0.15) is 24.0 Å². The molecular formula is C21H22IN5O4S. The second kappa shape index (κ2) is 11.6. The molecule has 3 rings (SSSR count). The molecule has 11 heteroatoms. The van der Waals surface area contributed by atoms with Crippen LogP contribution in [0.4, 0.5) is 5.13 Å². The van der Waals surface area contributed by atoms with Gasteiger partial charge in [-0.3, -0.25) is 4.79 Å². The number of methoxy groups -OCH3 is 1. The molecule has 2 aromatic carbocycles. The van der Waals surface area contributed by atoms with E-state index in [1.807, 2.05) is 37.3 Å². The van der Waals surface area contributed by atoms with Crippen molar-refractivity contribution in [2.24, 2.45) is 5.10 Å². The number of nitrogen functional groups attached to an aromatic ring is 1. The van der Waals surface area contributed by atoms with Crippen molar-refractivity contribution in [1.82, 2.24) is 15.6 Å². The number of hydrogen-bond donors (Lipinski definition) is 2. The molecule has 0 spiro atoms. The molecule has 0 saturated heterocycles. The highest BCUT2D eigenvalue weighted by Crippen LogP contribution is 2.33. The number of carbonyl (C=O) groups excluding carboxylic acids is 1. The number of aryl methyl sites for hydroxylation is 1. The Morgan fingerprint density at radius 1 is 1.22 bits per heavy atom. The van der Waals surface area contributed by atoms with Gasteiger partial charge < -0.3 is 19.9 Å². The summed E-state index contributed by atoms with van der Waals surface area (Å²) in [6, 6.07) is 11.5. The first kappa shape index (κ1) is 23.7. The zero-order chi connectivity index (χ0) is 22.9. The van der Waals surface area contributed by atoms with Crippen molar-refractivity contribution in [2.45, 2.75) is 13.3 Å².